The molecule has 1 aromatic rings. The van der Waals surface area contributed by atoms with Crippen LogP contribution in [0, 0.1) is 12.3 Å². The number of hydrogen-bond acceptors (Lipinski definition) is 4. The van der Waals surface area contributed by atoms with Crippen molar-refractivity contribution in [3.8, 4) is 12.3 Å². The number of rotatable bonds is 2. The highest BCUT2D eigenvalue weighted by Crippen LogP contribution is 2.20. The molecule has 0 fully saturated rings. The van der Waals surface area contributed by atoms with E-state index in [-0.39, 0.29) is 10.4 Å². The number of terminal acetylenes is 1. The lowest BCUT2D eigenvalue weighted by atomic mass is 10.1. The topological polar surface area (TPSA) is 50.7 Å². The van der Waals surface area contributed by atoms with Crippen LogP contribution in [0.3, 0.4) is 0 Å². The van der Waals surface area contributed by atoms with Gasteiger partial charge in [0.25, 0.3) is 0 Å². The van der Waals surface area contributed by atoms with Crippen molar-refractivity contribution in [2.75, 3.05) is 5.32 Å². The molecule has 4 nitrogen and oxygen atoms in total. The Morgan fingerprint density at radius 3 is 2.57 bits per heavy atom. The predicted molar refractivity (Wildman–Crippen MR) is 56.4 cm³/mol. The Bertz CT molecular complexity index is 383. The second-order valence-corrected chi connectivity index (χ2v) is 3.81. The highest BCUT2D eigenvalue weighted by atomic mass is 35.5. The lowest BCUT2D eigenvalue weighted by Crippen LogP contribution is -2.29. The first-order valence-electron chi connectivity index (χ1n) is 3.76. The summed E-state index contributed by atoms with van der Waals surface area (Å²) in [4.78, 5) is 3.86. The normalized spacial score (nSPS) is 10.8. The van der Waals surface area contributed by atoms with Gasteiger partial charge in [-0.3, -0.25) is 0 Å². The molecule has 0 saturated heterocycles. The van der Waals surface area contributed by atoms with Gasteiger partial charge in [-0.15, -0.1) is 16.6 Å². The average molecular weight is 231 g/mol. The second kappa shape index (κ2) is 3.99. The first-order valence-corrected chi connectivity index (χ1v) is 4.52. The van der Waals surface area contributed by atoms with Crippen LogP contribution >= 0.6 is 23.2 Å². The van der Waals surface area contributed by atoms with Crippen LogP contribution in [0.5, 0.6) is 0 Å². The zero-order valence-corrected chi connectivity index (χ0v) is 9.19. The van der Waals surface area contributed by atoms with E-state index in [9.17, 15) is 0 Å². The average Bonchev–Trinajstić information content (AvgIpc) is 2.11. The molecule has 0 bridgehead atoms. The largest absolute Gasteiger partial charge is 0.352 e. The Kier molecular flexibility index (Phi) is 3.14. The van der Waals surface area contributed by atoms with Crippen molar-refractivity contribution < 1.29 is 0 Å². The summed E-state index contributed by atoms with van der Waals surface area (Å²) in [6.45, 7) is 3.61. The summed E-state index contributed by atoms with van der Waals surface area (Å²) in [5, 5.41) is 10.1. The van der Waals surface area contributed by atoms with E-state index in [1.165, 1.54) is 0 Å². The molecule has 0 saturated carbocycles. The van der Waals surface area contributed by atoms with Crippen LogP contribution in [-0.2, 0) is 0 Å². The van der Waals surface area contributed by atoms with Gasteiger partial charge in [-0.1, -0.05) is 17.5 Å². The molecule has 0 aliphatic heterocycles. The predicted octanol–water partition coefficient (Wildman–Crippen LogP) is 2.00. The van der Waals surface area contributed by atoms with Crippen molar-refractivity contribution in [1.29, 1.82) is 0 Å². The molecule has 0 radical (unpaired) electrons. The molecule has 1 rings (SSSR count). The summed E-state index contributed by atoms with van der Waals surface area (Å²) in [6, 6.07) is 0. The van der Waals surface area contributed by atoms with Crippen molar-refractivity contribution in [2.24, 2.45) is 0 Å². The van der Waals surface area contributed by atoms with Crippen LogP contribution in [0.2, 0.25) is 10.4 Å². The fourth-order valence-electron chi connectivity index (χ4n) is 0.705. The molecule has 0 atom stereocenters. The van der Waals surface area contributed by atoms with Gasteiger partial charge < -0.3 is 5.32 Å². The van der Waals surface area contributed by atoms with Gasteiger partial charge in [-0.25, -0.2) is 0 Å². The van der Waals surface area contributed by atoms with Gasteiger partial charge in [-0.2, -0.15) is 4.98 Å². The molecule has 0 aliphatic rings. The zero-order chi connectivity index (χ0) is 10.8. The fourth-order valence-corrected chi connectivity index (χ4v) is 0.954. The third-order valence-corrected chi connectivity index (χ3v) is 1.83. The molecule has 6 heteroatoms. The van der Waals surface area contributed by atoms with E-state index in [1.807, 2.05) is 0 Å². The van der Waals surface area contributed by atoms with Crippen LogP contribution < -0.4 is 5.32 Å². The van der Waals surface area contributed by atoms with Crippen molar-refractivity contribution in [1.82, 2.24) is 15.2 Å². The zero-order valence-electron chi connectivity index (χ0n) is 7.67. The van der Waals surface area contributed by atoms with Crippen LogP contribution in [0.15, 0.2) is 0 Å². The Balaban J connectivity index is 2.98. The Labute approximate surface area is 92.0 Å². The fraction of sp³-hybridized carbons (Fsp3) is 0.375. The summed E-state index contributed by atoms with van der Waals surface area (Å²) < 4.78 is 0. The van der Waals surface area contributed by atoms with Crippen LogP contribution in [0.1, 0.15) is 13.8 Å². The van der Waals surface area contributed by atoms with Crippen LogP contribution in [0.4, 0.5) is 5.82 Å². The monoisotopic (exact) mass is 230 g/mol. The van der Waals surface area contributed by atoms with E-state index >= 15 is 0 Å². The number of aromatic nitrogens is 3. The van der Waals surface area contributed by atoms with Crippen LogP contribution in [0.25, 0.3) is 0 Å². The Morgan fingerprint density at radius 2 is 2.00 bits per heavy atom. The Morgan fingerprint density at radius 1 is 1.36 bits per heavy atom. The van der Waals surface area contributed by atoms with Crippen molar-refractivity contribution >= 4 is 29.0 Å². The molecular formula is C8H8Cl2N4. The van der Waals surface area contributed by atoms with E-state index in [0.29, 0.717) is 5.82 Å². The molecule has 0 amide bonds. The number of anilines is 1. The van der Waals surface area contributed by atoms with Gasteiger partial charge in [-0.05, 0) is 25.4 Å². The molecular weight excluding hydrogens is 223 g/mol. The second-order valence-electron chi connectivity index (χ2n) is 3.11. The lowest BCUT2D eigenvalue weighted by Gasteiger charge is -2.20. The van der Waals surface area contributed by atoms with Gasteiger partial charge in [0, 0.05) is 0 Å². The third-order valence-electron chi connectivity index (χ3n) is 1.41. The first-order chi connectivity index (χ1) is 6.44. The maximum absolute atomic E-state index is 5.73. The minimum atomic E-state index is -0.566. The quantitative estimate of drug-likeness (QED) is 0.791. The van der Waals surface area contributed by atoms with Gasteiger partial charge >= 0.3 is 0 Å². The van der Waals surface area contributed by atoms with E-state index in [0.717, 1.165) is 0 Å². The molecule has 1 aromatic heterocycles. The van der Waals surface area contributed by atoms with Crippen molar-refractivity contribution in [3.05, 3.63) is 10.4 Å². The highest BCUT2D eigenvalue weighted by molar-refractivity contribution is 6.32. The molecule has 74 valence electrons. The summed E-state index contributed by atoms with van der Waals surface area (Å²) in [5.74, 6) is 2.86. The summed E-state index contributed by atoms with van der Waals surface area (Å²) in [6.07, 6.45) is 5.29. The lowest BCUT2D eigenvalue weighted by molar-refractivity contribution is 0.732. The number of nitrogens with one attached hydrogen (secondary N) is 1. The summed E-state index contributed by atoms with van der Waals surface area (Å²) in [7, 11) is 0. The number of halogens is 2. The molecule has 0 aliphatic carbocycles. The molecule has 1 N–H and O–H groups in total. The van der Waals surface area contributed by atoms with E-state index < -0.39 is 5.54 Å². The van der Waals surface area contributed by atoms with E-state index in [1.54, 1.807) is 13.8 Å². The SMILES string of the molecule is C#CC(C)(C)Nc1nc(Cl)nnc1Cl. The molecule has 0 aromatic carbocycles. The maximum atomic E-state index is 5.73. The van der Waals surface area contributed by atoms with Gasteiger partial charge in [0.05, 0.1) is 5.54 Å². The smallest absolute Gasteiger partial charge is 0.245 e. The Hall–Kier alpha value is -1.05. The number of hydrogen-bond donors (Lipinski definition) is 1. The molecule has 1 heterocycles. The maximum Gasteiger partial charge on any atom is 0.245 e. The minimum absolute atomic E-state index is 0.0183. The van der Waals surface area contributed by atoms with Gasteiger partial charge in [0.1, 0.15) is 0 Å². The van der Waals surface area contributed by atoms with Gasteiger partial charge in [0.2, 0.25) is 5.28 Å². The standard InChI is InChI=1S/C8H8Cl2N4/c1-4-8(2,3)12-6-5(9)13-14-7(10)11-6/h1H,2-3H3,(H,11,12,14). The number of nitrogens with zero attached hydrogens (tertiary/aromatic N) is 3. The molecule has 0 unspecified atom stereocenters. The summed E-state index contributed by atoms with van der Waals surface area (Å²) in [5.41, 5.74) is -0.566. The molecule has 0 spiro atoms. The van der Waals surface area contributed by atoms with E-state index in [4.69, 9.17) is 29.6 Å². The summed E-state index contributed by atoms with van der Waals surface area (Å²) >= 11 is 11.3. The minimum Gasteiger partial charge on any atom is -0.352 e. The highest BCUT2D eigenvalue weighted by Gasteiger charge is 2.17. The third kappa shape index (κ3) is 2.72. The van der Waals surface area contributed by atoms with E-state index in [2.05, 4.69) is 26.4 Å². The van der Waals surface area contributed by atoms with Crippen molar-refractivity contribution in [2.45, 2.75) is 19.4 Å². The van der Waals surface area contributed by atoms with Gasteiger partial charge in [0.15, 0.2) is 11.0 Å². The van der Waals surface area contributed by atoms with Crippen LogP contribution in [-0.4, -0.2) is 20.7 Å². The van der Waals surface area contributed by atoms with Crippen molar-refractivity contribution in [3.63, 3.8) is 0 Å². The first kappa shape index (κ1) is 11.0. The molecule has 14 heavy (non-hydrogen) atoms.